The minimum atomic E-state index is -0.316. The molecule has 2 heterocycles. The SMILES string of the molecule is CN1CCN(CC=Cc2ccc3c(c2)oc(=O)n3C)CC1. The standard InChI is InChI=1S/C16H21N3O2/c1-17-8-10-19(11-9-17)7-3-4-13-5-6-14-15(12-13)21-16(20)18(14)2/h3-6,12H,7-11H2,1-2H3. The molecule has 112 valence electrons. The van der Waals surface area contributed by atoms with Crippen LogP contribution >= 0.6 is 0 Å². The number of likely N-dealkylation sites (N-methyl/N-ethyl adjacent to an activating group) is 1. The number of hydrogen-bond acceptors (Lipinski definition) is 4. The van der Waals surface area contributed by atoms with E-state index in [1.165, 1.54) is 4.57 Å². The van der Waals surface area contributed by atoms with Crippen molar-refractivity contribution in [3.05, 3.63) is 40.4 Å². The van der Waals surface area contributed by atoms with E-state index in [-0.39, 0.29) is 5.76 Å². The van der Waals surface area contributed by atoms with Crippen molar-refractivity contribution < 1.29 is 4.42 Å². The van der Waals surface area contributed by atoms with Gasteiger partial charge in [-0.15, -0.1) is 0 Å². The van der Waals surface area contributed by atoms with Crippen LogP contribution in [0, 0.1) is 0 Å². The monoisotopic (exact) mass is 287 g/mol. The van der Waals surface area contributed by atoms with Crippen molar-refractivity contribution in [2.75, 3.05) is 39.8 Å². The van der Waals surface area contributed by atoms with Crippen molar-refractivity contribution in [1.82, 2.24) is 14.4 Å². The van der Waals surface area contributed by atoms with Crippen LogP contribution in [0.2, 0.25) is 0 Å². The number of rotatable bonds is 3. The molecule has 3 rings (SSSR count). The molecule has 5 nitrogen and oxygen atoms in total. The van der Waals surface area contributed by atoms with Gasteiger partial charge in [0.2, 0.25) is 0 Å². The number of oxazole rings is 1. The van der Waals surface area contributed by atoms with Gasteiger partial charge in [0.15, 0.2) is 5.58 Å². The maximum atomic E-state index is 11.5. The predicted molar refractivity (Wildman–Crippen MR) is 84.4 cm³/mol. The largest absolute Gasteiger partial charge is 0.419 e. The summed E-state index contributed by atoms with van der Waals surface area (Å²) in [6.07, 6.45) is 4.26. The number of hydrogen-bond donors (Lipinski definition) is 0. The molecular formula is C16H21N3O2. The summed E-state index contributed by atoms with van der Waals surface area (Å²) >= 11 is 0. The highest BCUT2D eigenvalue weighted by molar-refractivity contribution is 5.76. The Bertz CT molecular complexity index is 706. The van der Waals surface area contributed by atoms with Gasteiger partial charge < -0.3 is 9.32 Å². The third kappa shape index (κ3) is 3.09. The molecule has 1 saturated heterocycles. The number of aromatic nitrogens is 1. The zero-order valence-corrected chi connectivity index (χ0v) is 12.6. The first-order valence-corrected chi connectivity index (χ1v) is 7.30. The Morgan fingerprint density at radius 3 is 2.71 bits per heavy atom. The van der Waals surface area contributed by atoms with E-state index in [4.69, 9.17) is 4.42 Å². The van der Waals surface area contributed by atoms with Gasteiger partial charge in [-0.25, -0.2) is 4.79 Å². The van der Waals surface area contributed by atoms with Gasteiger partial charge in [-0.3, -0.25) is 9.47 Å². The minimum absolute atomic E-state index is 0.316. The maximum Gasteiger partial charge on any atom is 0.419 e. The Balaban J connectivity index is 1.67. The minimum Gasteiger partial charge on any atom is -0.408 e. The summed E-state index contributed by atoms with van der Waals surface area (Å²) in [5, 5.41) is 0. The van der Waals surface area contributed by atoms with E-state index in [1.807, 2.05) is 18.2 Å². The number of aryl methyl sites for hydroxylation is 1. The van der Waals surface area contributed by atoms with Gasteiger partial charge in [0.1, 0.15) is 0 Å². The summed E-state index contributed by atoms with van der Waals surface area (Å²) < 4.78 is 6.73. The van der Waals surface area contributed by atoms with Crippen LogP contribution in [0.3, 0.4) is 0 Å². The molecule has 0 atom stereocenters. The van der Waals surface area contributed by atoms with Crippen molar-refractivity contribution in [3.63, 3.8) is 0 Å². The summed E-state index contributed by atoms with van der Waals surface area (Å²) in [6.45, 7) is 5.47. The topological polar surface area (TPSA) is 41.6 Å². The first kappa shape index (κ1) is 14.1. The van der Waals surface area contributed by atoms with Gasteiger partial charge in [-0.05, 0) is 24.7 Å². The van der Waals surface area contributed by atoms with E-state index < -0.39 is 0 Å². The molecule has 2 aromatic rings. The fourth-order valence-corrected chi connectivity index (χ4v) is 2.62. The molecule has 0 bridgehead atoms. The van der Waals surface area contributed by atoms with Crippen molar-refractivity contribution in [2.24, 2.45) is 7.05 Å². The van der Waals surface area contributed by atoms with E-state index in [1.54, 1.807) is 7.05 Å². The Hall–Kier alpha value is -1.85. The molecule has 1 aromatic heterocycles. The number of benzene rings is 1. The summed E-state index contributed by atoms with van der Waals surface area (Å²) in [4.78, 5) is 16.3. The molecule has 0 radical (unpaired) electrons. The lowest BCUT2D eigenvalue weighted by atomic mass is 10.2. The second-order valence-corrected chi connectivity index (χ2v) is 5.66. The summed E-state index contributed by atoms with van der Waals surface area (Å²) in [7, 11) is 3.88. The number of piperazine rings is 1. The third-order valence-corrected chi connectivity index (χ3v) is 4.09. The van der Waals surface area contributed by atoms with Gasteiger partial charge in [0, 0.05) is 39.8 Å². The second kappa shape index (κ2) is 5.87. The van der Waals surface area contributed by atoms with Gasteiger partial charge in [0.25, 0.3) is 0 Å². The van der Waals surface area contributed by atoms with Gasteiger partial charge in [0.05, 0.1) is 5.52 Å². The molecule has 1 fully saturated rings. The third-order valence-electron chi connectivity index (χ3n) is 4.09. The molecule has 0 saturated carbocycles. The quantitative estimate of drug-likeness (QED) is 0.855. The lowest BCUT2D eigenvalue weighted by molar-refractivity contribution is 0.167. The van der Waals surface area contributed by atoms with E-state index in [2.05, 4.69) is 29.0 Å². The van der Waals surface area contributed by atoms with E-state index in [9.17, 15) is 4.79 Å². The molecule has 1 aliphatic heterocycles. The fraction of sp³-hybridized carbons (Fsp3) is 0.438. The first-order chi connectivity index (χ1) is 10.1. The van der Waals surface area contributed by atoms with Gasteiger partial charge >= 0.3 is 5.76 Å². The van der Waals surface area contributed by atoms with E-state index in [0.29, 0.717) is 5.58 Å². The molecule has 21 heavy (non-hydrogen) atoms. The highest BCUT2D eigenvalue weighted by Gasteiger charge is 2.11. The fourth-order valence-electron chi connectivity index (χ4n) is 2.62. The average molecular weight is 287 g/mol. The van der Waals surface area contributed by atoms with Crippen LogP contribution in [0.1, 0.15) is 5.56 Å². The molecule has 5 heteroatoms. The van der Waals surface area contributed by atoms with Gasteiger partial charge in [-0.2, -0.15) is 0 Å². The van der Waals surface area contributed by atoms with Crippen molar-refractivity contribution in [3.8, 4) is 0 Å². The highest BCUT2D eigenvalue weighted by Crippen LogP contribution is 2.15. The smallest absolute Gasteiger partial charge is 0.408 e. The summed E-state index contributed by atoms with van der Waals surface area (Å²) in [5.41, 5.74) is 2.53. The Morgan fingerprint density at radius 1 is 1.19 bits per heavy atom. The molecule has 1 aliphatic rings. The van der Waals surface area contributed by atoms with Crippen molar-refractivity contribution in [1.29, 1.82) is 0 Å². The van der Waals surface area contributed by atoms with Crippen LogP contribution in [0.5, 0.6) is 0 Å². The second-order valence-electron chi connectivity index (χ2n) is 5.66. The maximum absolute atomic E-state index is 11.5. The molecule has 0 aliphatic carbocycles. The Morgan fingerprint density at radius 2 is 1.95 bits per heavy atom. The number of fused-ring (bicyclic) bond motifs is 1. The first-order valence-electron chi connectivity index (χ1n) is 7.30. The van der Waals surface area contributed by atoms with Gasteiger partial charge in [-0.1, -0.05) is 18.2 Å². The predicted octanol–water partition coefficient (Wildman–Crippen LogP) is 1.39. The highest BCUT2D eigenvalue weighted by atomic mass is 16.4. The van der Waals surface area contributed by atoms with Crippen LogP contribution in [0.25, 0.3) is 17.2 Å². The number of nitrogens with zero attached hydrogens (tertiary/aromatic N) is 3. The zero-order valence-electron chi connectivity index (χ0n) is 12.6. The molecule has 0 amide bonds. The van der Waals surface area contributed by atoms with Crippen molar-refractivity contribution in [2.45, 2.75) is 0 Å². The zero-order chi connectivity index (χ0) is 14.8. The Kier molecular flexibility index (Phi) is 3.94. The molecule has 0 unspecified atom stereocenters. The Labute approximate surface area is 124 Å². The van der Waals surface area contributed by atoms with Crippen LogP contribution in [0.4, 0.5) is 0 Å². The molecular weight excluding hydrogens is 266 g/mol. The summed E-state index contributed by atoms with van der Waals surface area (Å²) in [5.74, 6) is -0.316. The van der Waals surface area contributed by atoms with Crippen LogP contribution < -0.4 is 5.76 Å². The lowest BCUT2D eigenvalue weighted by Crippen LogP contribution is -2.44. The lowest BCUT2D eigenvalue weighted by Gasteiger charge is -2.31. The average Bonchev–Trinajstić information content (AvgIpc) is 2.76. The molecule has 0 N–H and O–H groups in total. The molecule has 1 aromatic carbocycles. The van der Waals surface area contributed by atoms with Crippen molar-refractivity contribution >= 4 is 17.2 Å². The van der Waals surface area contributed by atoms with Crippen LogP contribution in [-0.4, -0.2) is 54.1 Å². The van der Waals surface area contributed by atoms with E-state index in [0.717, 1.165) is 43.8 Å². The summed E-state index contributed by atoms with van der Waals surface area (Å²) in [6, 6.07) is 5.85. The van der Waals surface area contributed by atoms with E-state index >= 15 is 0 Å². The van der Waals surface area contributed by atoms with Crippen LogP contribution in [-0.2, 0) is 7.05 Å². The normalized spacial score (nSPS) is 18.0. The van der Waals surface area contributed by atoms with Crippen LogP contribution in [0.15, 0.2) is 33.5 Å². The molecule has 0 spiro atoms.